The Hall–Kier alpha value is -0.940. The molecule has 0 fully saturated rings. The third-order valence-corrected chi connectivity index (χ3v) is 3.75. The number of aromatic nitrogens is 3. The van der Waals surface area contributed by atoms with Crippen LogP contribution in [0.3, 0.4) is 0 Å². The fourth-order valence-electron chi connectivity index (χ4n) is 2.08. The Kier molecular flexibility index (Phi) is 7.32. The second-order valence-corrected chi connectivity index (χ2v) is 6.98. The van der Waals surface area contributed by atoms with Gasteiger partial charge < -0.3 is 10.2 Å². The van der Waals surface area contributed by atoms with Crippen molar-refractivity contribution in [3.05, 3.63) is 11.9 Å². The molecule has 122 valence electrons. The van der Waals surface area contributed by atoms with E-state index in [2.05, 4.69) is 68.3 Å². The van der Waals surface area contributed by atoms with E-state index in [1.165, 1.54) is 13.0 Å². The van der Waals surface area contributed by atoms with Crippen LogP contribution in [0.25, 0.3) is 0 Å². The zero-order valence-corrected chi connectivity index (χ0v) is 14.7. The number of hydrogen-bond donors (Lipinski definition) is 1. The summed E-state index contributed by atoms with van der Waals surface area (Å²) in [4.78, 5) is 2.49. The van der Waals surface area contributed by atoms with E-state index < -0.39 is 0 Å². The number of nitrogens with one attached hydrogen (secondary N) is 1. The van der Waals surface area contributed by atoms with E-state index in [0.29, 0.717) is 0 Å². The Morgan fingerprint density at radius 2 is 2.05 bits per heavy atom. The standard InChI is InChI=1S/C16H33N5/c1-7-14(3)12-20(8-2)9-10-21-13-15(18-19-21)11-17-16(4,5)6/h13-14,17H,7-12H2,1-6H3. The van der Waals surface area contributed by atoms with Crippen molar-refractivity contribution in [2.24, 2.45) is 5.92 Å². The topological polar surface area (TPSA) is 46.0 Å². The summed E-state index contributed by atoms with van der Waals surface area (Å²) in [6.07, 6.45) is 3.29. The van der Waals surface area contributed by atoms with Gasteiger partial charge in [0, 0.05) is 31.4 Å². The third kappa shape index (κ3) is 7.58. The molecule has 0 spiro atoms. The van der Waals surface area contributed by atoms with Crippen LogP contribution in [-0.2, 0) is 13.1 Å². The van der Waals surface area contributed by atoms with Crippen molar-refractivity contribution in [3.63, 3.8) is 0 Å². The van der Waals surface area contributed by atoms with Crippen LogP contribution in [0.2, 0.25) is 0 Å². The Morgan fingerprint density at radius 1 is 1.33 bits per heavy atom. The molecule has 0 aliphatic carbocycles. The van der Waals surface area contributed by atoms with Crippen molar-refractivity contribution in [2.45, 2.75) is 66.6 Å². The first-order valence-electron chi connectivity index (χ1n) is 8.20. The van der Waals surface area contributed by atoms with Gasteiger partial charge in [0.1, 0.15) is 0 Å². The van der Waals surface area contributed by atoms with E-state index in [1.54, 1.807) is 0 Å². The Labute approximate surface area is 130 Å². The van der Waals surface area contributed by atoms with E-state index in [0.717, 1.165) is 37.8 Å². The summed E-state index contributed by atoms with van der Waals surface area (Å²) in [7, 11) is 0. The molecule has 5 heteroatoms. The Morgan fingerprint density at radius 3 is 2.62 bits per heavy atom. The highest BCUT2D eigenvalue weighted by Crippen LogP contribution is 2.05. The molecule has 0 bridgehead atoms. The maximum absolute atomic E-state index is 4.23. The molecule has 0 aliphatic rings. The van der Waals surface area contributed by atoms with E-state index in [4.69, 9.17) is 0 Å². The molecule has 1 unspecified atom stereocenters. The minimum atomic E-state index is 0.110. The van der Waals surface area contributed by atoms with Crippen LogP contribution in [-0.4, -0.2) is 45.1 Å². The average Bonchev–Trinajstić information content (AvgIpc) is 2.88. The molecule has 5 nitrogen and oxygen atoms in total. The smallest absolute Gasteiger partial charge is 0.0965 e. The summed E-state index contributed by atoms with van der Waals surface area (Å²) >= 11 is 0. The van der Waals surface area contributed by atoms with Crippen LogP contribution >= 0.6 is 0 Å². The highest BCUT2D eigenvalue weighted by atomic mass is 15.4. The molecule has 1 N–H and O–H groups in total. The van der Waals surface area contributed by atoms with E-state index >= 15 is 0 Å². The van der Waals surface area contributed by atoms with Crippen LogP contribution in [0.1, 0.15) is 53.7 Å². The van der Waals surface area contributed by atoms with Crippen LogP contribution in [0.5, 0.6) is 0 Å². The van der Waals surface area contributed by atoms with Crippen molar-refractivity contribution in [1.29, 1.82) is 0 Å². The van der Waals surface area contributed by atoms with Gasteiger partial charge in [0.25, 0.3) is 0 Å². The zero-order chi connectivity index (χ0) is 15.9. The minimum Gasteiger partial charge on any atom is -0.306 e. The quantitative estimate of drug-likeness (QED) is 0.760. The molecule has 0 amide bonds. The molecule has 0 radical (unpaired) electrons. The van der Waals surface area contributed by atoms with Gasteiger partial charge in [-0.05, 0) is 33.2 Å². The summed E-state index contributed by atoms with van der Waals surface area (Å²) in [5.74, 6) is 0.757. The summed E-state index contributed by atoms with van der Waals surface area (Å²) < 4.78 is 1.96. The molecule has 0 aliphatic heterocycles. The van der Waals surface area contributed by atoms with Gasteiger partial charge in [0.2, 0.25) is 0 Å². The predicted molar refractivity (Wildman–Crippen MR) is 88.2 cm³/mol. The van der Waals surface area contributed by atoms with Crippen molar-refractivity contribution >= 4 is 0 Å². The maximum Gasteiger partial charge on any atom is 0.0965 e. The minimum absolute atomic E-state index is 0.110. The predicted octanol–water partition coefficient (Wildman–Crippen LogP) is 2.53. The zero-order valence-electron chi connectivity index (χ0n) is 14.7. The van der Waals surface area contributed by atoms with Crippen LogP contribution in [0.4, 0.5) is 0 Å². The second-order valence-electron chi connectivity index (χ2n) is 6.98. The summed E-state index contributed by atoms with van der Waals surface area (Å²) in [6, 6.07) is 0. The molecule has 1 heterocycles. The van der Waals surface area contributed by atoms with Gasteiger partial charge in [-0.15, -0.1) is 5.10 Å². The van der Waals surface area contributed by atoms with Gasteiger partial charge >= 0.3 is 0 Å². The summed E-state index contributed by atoms with van der Waals surface area (Å²) in [5.41, 5.74) is 1.12. The first-order valence-corrected chi connectivity index (χ1v) is 8.20. The lowest BCUT2D eigenvalue weighted by atomic mass is 10.1. The number of hydrogen-bond acceptors (Lipinski definition) is 4. The van der Waals surface area contributed by atoms with Crippen molar-refractivity contribution in [2.75, 3.05) is 19.6 Å². The molecular formula is C16H33N5. The van der Waals surface area contributed by atoms with Crippen LogP contribution in [0.15, 0.2) is 6.20 Å². The van der Waals surface area contributed by atoms with Crippen LogP contribution in [0, 0.1) is 5.92 Å². The third-order valence-electron chi connectivity index (χ3n) is 3.75. The van der Waals surface area contributed by atoms with Gasteiger partial charge in [-0.2, -0.15) is 0 Å². The number of rotatable bonds is 9. The molecule has 1 aromatic rings. The lowest BCUT2D eigenvalue weighted by molar-refractivity contribution is 0.233. The molecule has 1 aromatic heterocycles. The molecule has 0 saturated heterocycles. The van der Waals surface area contributed by atoms with Crippen LogP contribution < -0.4 is 5.32 Å². The van der Waals surface area contributed by atoms with E-state index in [9.17, 15) is 0 Å². The first kappa shape index (κ1) is 18.1. The highest BCUT2D eigenvalue weighted by molar-refractivity contribution is 4.93. The summed E-state index contributed by atoms with van der Waals surface area (Å²) in [5, 5.41) is 11.9. The number of likely N-dealkylation sites (N-methyl/N-ethyl adjacent to an activating group) is 1. The Bertz CT molecular complexity index is 394. The van der Waals surface area contributed by atoms with Gasteiger partial charge in [0.05, 0.1) is 12.2 Å². The molecule has 1 rings (SSSR count). The van der Waals surface area contributed by atoms with E-state index in [1.807, 2.05) is 4.68 Å². The van der Waals surface area contributed by atoms with E-state index in [-0.39, 0.29) is 5.54 Å². The Balaban J connectivity index is 2.39. The van der Waals surface area contributed by atoms with Gasteiger partial charge in [-0.25, -0.2) is 0 Å². The molecule has 0 saturated carbocycles. The average molecular weight is 295 g/mol. The van der Waals surface area contributed by atoms with Gasteiger partial charge in [-0.1, -0.05) is 32.4 Å². The van der Waals surface area contributed by atoms with Gasteiger partial charge in [0.15, 0.2) is 0 Å². The molecular weight excluding hydrogens is 262 g/mol. The van der Waals surface area contributed by atoms with Crippen molar-refractivity contribution in [3.8, 4) is 0 Å². The first-order chi connectivity index (χ1) is 9.84. The fraction of sp³-hybridized carbons (Fsp3) is 0.875. The molecule has 21 heavy (non-hydrogen) atoms. The van der Waals surface area contributed by atoms with Crippen molar-refractivity contribution in [1.82, 2.24) is 25.2 Å². The lowest BCUT2D eigenvalue weighted by Gasteiger charge is -2.23. The maximum atomic E-state index is 4.23. The fourth-order valence-corrected chi connectivity index (χ4v) is 2.08. The van der Waals surface area contributed by atoms with Gasteiger partial charge in [-0.3, -0.25) is 4.68 Å². The normalized spacial score (nSPS) is 13.9. The highest BCUT2D eigenvalue weighted by Gasteiger charge is 2.11. The SMILES string of the molecule is CCC(C)CN(CC)CCn1cc(CNC(C)(C)C)nn1. The monoisotopic (exact) mass is 295 g/mol. The lowest BCUT2D eigenvalue weighted by Crippen LogP contribution is -2.35. The number of nitrogens with zero attached hydrogens (tertiary/aromatic N) is 4. The summed E-state index contributed by atoms with van der Waals surface area (Å²) in [6.45, 7) is 18.2. The second kappa shape index (κ2) is 8.49. The van der Waals surface area contributed by atoms with Crippen molar-refractivity contribution < 1.29 is 0 Å². The largest absolute Gasteiger partial charge is 0.306 e. The molecule has 1 atom stereocenters. The molecule has 0 aromatic carbocycles.